The lowest BCUT2D eigenvalue weighted by Crippen LogP contribution is -2.39. The van der Waals surface area contributed by atoms with E-state index in [9.17, 15) is 9.59 Å². The molecule has 0 saturated carbocycles. The zero-order valence-corrected chi connectivity index (χ0v) is 16.4. The van der Waals surface area contributed by atoms with Gasteiger partial charge in [0, 0.05) is 22.5 Å². The van der Waals surface area contributed by atoms with Crippen molar-refractivity contribution in [3.05, 3.63) is 28.9 Å². The monoisotopic (exact) mass is 399 g/mol. The number of carbonyl (C=O) groups excluding carboxylic acids is 2. The lowest BCUT2D eigenvalue weighted by molar-refractivity contribution is -0.117. The number of hydrogen-bond donors (Lipinski definition) is 2. The molecular weight excluding hydrogens is 377 g/mol. The van der Waals surface area contributed by atoms with Crippen molar-refractivity contribution in [3.63, 3.8) is 0 Å². The first-order valence-corrected chi connectivity index (χ1v) is 8.77. The average molecular weight is 400 g/mol. The van der Waals surface area contributed by atoms with E-state index in [2.05, 4.69) is 22.1 Å². The van der Waals surface area contributed by atoms with Crippen LogP contribution in [0.4, 0.5) is 5.69 Å². The number of hydrogen-bond acceptors (Lipinski definition) is 4. The molecule has 2 aromatic rings. The number of anilines is 1. The molecule has 2 heterocycles. The molecule has 142 valence electrons. The number of ether oxygens (including phenoxy) is 1. The van der Waals surface area contributed by atoms with E-state index in [0.717, 1.165) is 19.5 Å². The second-order valence-electron chi connectivity index (χ2n) is 6.59. The van der Waals surface area contributed by atoms with Gasteiger partial charge in [-0.25, -0.2) is 4.79 Å². The van der Waals surface area contributed by atoms with Crippen molar-refractivity contribution in [1.82, 2.24) is 9.88 Å². The van der Waals surface area contributed by atoms with Gasteiger partial charge in [0.1, 0.15) is 5.69 Å². The summed E-state index contributed by atoms with van der Waals surface area (Å²) in [5.74, 6) is -0.0894. The quantitative estimate of drug-likeness (QED) is 0.768. The third kappa shape index (κ3) is 4.50. The molecule has 1 saturated heterocycles. The van der Waals surface area contributed by atoms with E-state index in [-0.39, 0.29) is 24.0 Å². The molecule has 26 heavy (non-hydrogen) atoms. The van der Waals surface area contributed by atoms with Gasteiger partial charge in [-0.15, -0.1) is 12.4 Å². The minimum absolute atomic E-state index is 0. The van der Waals surface area contributed by atoms with Crippen molar-refractivity contribution in [2.45, 2.75) is 19.8 Å². The van der Waals surface area contributed by atoms with Crippen molar-refractivity contribution in [2.24, 2.45) is 5.92 Å². The molecule has 1 amide bonds. The van der Waals surface area contributed by atoms with Crippen LogP contribution in [0.1, 0.15) is 30.3 Å². The molecule has 1 unspecified atom stereocenters. The molecule has 1 aliphatic rings. The Morgan fingerprint density at radius 3 is 2.88 bits per heavy atom. The van der Waals surface area contributed by atoms with Crippen molar-refractivity contribution < 1.29 is 14.3 Å². The van der Waals surface area contributed by atoms with Gasteiger partial charge in [-0.05, 0) is 43.5 Å². The van der Waals surface area contributed by atoms with Crippen LogP contribution in [-0.4, -0.2) is 48.5 Å². The van der Waals surface area contributed by atoms with E-state index >= 15 is 0 Å². The van der Waals surface area contributed by atoms with Gasteiger partial charge in [0.25, 0.3) is 0 Å². The van der Waals surface area contributed by atoms with Crippen LogP contribution in [0.3, 0.4) is 0 Å². The number of rotatable bonds is 4. The van der Waals surface area contributed by atoms with E-state index in [1.165, 1.54) is 13.5 Å². The molecule has 0 aliphatic carbocycles. The Kier molecular flexibility index (Phi) is 6.92. The Bertz CT molecular complexity index is 806. The first-order valence-electron chi connectivity index (χ1n) is 8.39. The third-order valence-corrected chi connectivity index (χ3v) is 4.76. The average Bonchev–Trinajstić information content (AvgIpc) is 2.92. The number of aromatic amines is 1. The highest BCUT2D eigenvalue weighted by Crippen LogP contribution is 2.30. The fourth-order valence-corrected chi connectivity index (χ4v) is 3.53. The summed E-state index contributed by atoms with van der Waals surface area (Å²) in [7, 11) is 1.31. The van der Waals surface area contributed by atoms with E-state index in [0.29, 0.717) is 34.1 Å². The Labute approximate surface area is 163 Å². The molecule has 0 spiro atoms. The number of carbonyl (C=O) groups is 2. The van der Waals surface area contributed by atoms with Crippen LogP contribution >= 0.6 is 24.0 Å². The molecule has 2 N–H and O–H groups in total. The number of nitrogens with one attached hydrogen (secondary N) is 2. The van der Waals surface area contributed by atoms with Gasteiger partial charge < -0.3 is 15.0 Å². The van der Waals surface area contributed by atoms with Crippen molar-refractivity contribution in [3.8, 4) is 0 Å². The summed E-state index contributed by atoms with van der Waals surface area (Å²) in [5.41, 5.74) is 1.35. The van der Waals surface area contributed by atoms with E-state index in [1.54, 1.807) is 18.2 Å². The van der Waals surface area contributed by atoms with Crippen molar-refractivity contribution >= 4 is 52.5 Å². The fourth-order valence-electron chi connectivity index (χ4n) is 3.36. The number of methoxy groups -OCH3 is 1. The van der Waals surface area contributed by atoms with Crippen molar-refractivity contribution in [1.29, 1.82) is 0 Å². The Balaban J connectivity index is 0.00000243. The second kappa shape index (κ2) is 8.75. The predicted molar refractivity (Wildman–Crippen MR) is 105 cm³/mol. The summed E-state index contributed by atoms with van der Waals surface area (Å²) in [6.45, 7) is 4.33. The normalized spacial score (nSPS) is 17.6. The first-order chi connectivity index (χ1) is 12.0. The highest BCUT2D eigenvalue weighted by atomic mass is 35.5. The minimum Gasteiger partial charge on any atom is -0.464 e. The first kappa shape index (κ1) is 20.6. The summed E-state index contributed by atoms with van der Waals surface area (Å²) >= 11 is 6.07. The molecular formula is C18H23Cl2N3O3. The van der Waals surface area contributed by atoms with Crippen LogP contribution in [0.2, 0.25) is 5.02 Å². The van der Waals surface area contributed by atoms with E-state index in [4.69, 9.17) is 16.3 Å². The topological polar surface area (TPSA) is 74.4 Å². The molecule has 1 aliphatic heterocycles. The number of halogens is 2. The minimum atomic E-state index is -0.533. The third-order valence-electron chi connectivity index (χ3n) is 4.52. The number of aromatic nitrogens is 1. The SMILES string of the molecule is COC(=O)c1[nH]c2ccc(Cl)cc2c1NC(=O)CN1CCCC(C)C1.Cl. The van der Waals surface area contributed by atoms with Crippen LogP contribution in [0.5, 0.6) is 0 Å². The highest BCUT2D eigenvalue weighted by Gasteiger charge is 2.23. The Morgan fingerprint density at radius 1 is 1.42 bits per heavy atom. The molecule has 0 bridgehead atoms. The van der Waals surface area contributed by atoms with Crippen LogP contribution in [0, 0.1) is 5.92 Å². The Morgan fingerprint density at radius 2 is 2.19 bits per heavy atom. The summed E-state index contributed by atoms with van der Waals surface area (Å²) < 4.78 is 4.82. The standard InChI is InChI=1S/C18H22ClN3O3.ClH/c1-11-4-3-7-22(9-11)10-15(23)21-16-13-8-12(19)5-6-14(13)20-17(16)18(24)25-2;/h5-6,8,11,20H,3-4,7,9-10H2,1-2H3,(H,21,23);1H. The van der Waals surface area contributed by atoms with Gasteiger partial charge in [-0.1, -0.05) is 18.5 Å². The molecule has 1 aromatic heterocycles. The van der Waals surface area contributed by atoms with Gasteiger partial charge in [0.05, 0.1) is 19.3 Å². The second-order valence-corrected chi connectivity index (χ2v) is 7.02. The van der Waals surface area contributed by atoms with Gasteiger partial charge in [0.2, 0.25) is 5.91 Å². The molecule has 0 radical (unpaired) electrons. The van der Waals surface area contributed by atoms with Crippen LogP contribution in [0.25, 0.3) is 10.9 Å². The number of benzene rings is 1. The summed E-state index contributed by atoms with van der Waals surface area (Å²) in [4.78, 5) is 29.7. The number of amides is 1. The summed E-state index contributed by atoms with van der Waals surface area (Å²) in [6.07, 6.45) is 2.30. The number of fused-ring (bicyclic) bond motifs is 1. The predicted octanol–water partition coefficient (Wildman–Crippen LogP) is 3.70. The molecule has 1 fully saturated rings. The molecule has 1 aromatic carbocycles. The zero-order valence-electron chi connectivity index (χ0n) is 14.8. The van der Waals surface area contributed by atoms with Crippen LogP contribution in [-0.2, 0) is 9.53 Å². The number of H-pyrrole nitrogens is 1. The smallest absolute Gasteiger partial charge is 0.356 e. The summed E-state index contributed by atoms with van der Waals surface area (Å²) in [6, 6.07) is 5.21. The van der Waals surface area contributed by atoms with E-state index in [1.807, 2.05) is 0 Å². The van der Waals surface area contributed by atoms with Gasteiger partial charge >= 0.3 is 5.97 Å². The molecule has 3 rings (SSSR count). The lowest BCUT2D eigenvalue weighted by Gasteiger charge is -2.30. The van der Waals surface area contributed by atoms with Gasteiger partial charge in [-0.2, -0.15) is 0 Å². The number of nitrogens with zero attached hydrogens (tertiary/aromatic N) is 1. The maximum absolute atomic E-state index is 12.5. The molecule has 8 heteroatoms. The van der Waals surface area contributed by atoms with Crippen LogP contribution in [0.15, 0.2) is 18.2 Å². The molecule has 1 atom stereocenters. The number of likely N-dealkylation sites (tertiary alicyclic amines) is 1. The number of esters is 1. The zero-order chi connectivity index (χ0) is 18.0. The lowest BCUT2D eigenvalue weighted by atomic mass is 10.0. The molecule has 6 nitrogen and oxygen atoms in total. The van der Waals surface area contributed by atoms with Crippen molar-refractivity contribution in [2.75, 3.05) is 32.1 Å². The summed E-state index contributed by atoms with van der Waals surface area (Å²) in [5, 5.41) is 4.09. The maximum Gasteiger partial charge on any atom is 0.356 e. The fraction of sp³-hybridized carbons (Fsp3) is 0.444. The highest BCUT2D eigenvalue weighted by molar-refractivity contribution is 6.31. The number of piperidine rings is 1. The maximum atomic E-state index is 12.5. The van der Waals surface area contributed by atoms with Gasteiger partial charge in [0.15, 0.2) is 0 Å². The van der Waals surface area contributed by atoms with Crippen LogP contribution < -0.4 is 5.32 Å². The Hall–Kier alpha value is -1.76. The van der Waals surface area contributed by atoms with E-state index < -0.39 is 5.97 Å². The largest absolute Gasteiger partial charge is 0.464 e. The van der Waals surface area contributed by atoms with Gasteiger partial charge in [-0.3, -0.25) is 9.69 Å².